The Hall–Kier alpha value is -3.09. The Morgan fingerprint density at radius 3 is 2.79 bits per heavy atom. The summed E-state index contributed by atoms with van der Waals surface area (Å²) in [7, 11) is 0. The van der Waals surface area contributed by atoms with Crippen molar-refractivity contribution in [2.45, 2.75) is 13.5 Å². The zero-order valence-corrected chi connectivity index (χ0v) is 12.9. The van der Waals surface area contributed by atoms with E-state index in [1.807, 2.05) is 0 Å². The van der Waals surface area contributed by atoms with E-state index in [-0.39, 0.29) is 18.7 Å². The van der Waals surface area contributed by atoms with Crippen molar-refractivity contribution in [1.29, 1.82) is 0 Å². The van der Waals surface area contributed by atoms with Crippen LogP contribution in [0.3, 0.4) is 0 Å². The van der Waals surface area contributed by atoms with Gasteiger partial charge in [0, 0.05) is 6.20 Å². The molecule has 24 heavy (non-hydrogen) atoms. The smallest absolute Gasteiger partial charge is 0.347 e. The van der Waals surface area contributed by atoms with Crippen LogP contribution in [0.25, 0.3) is 5.52 Å². The number of fused-ring (bicyclic) bond motifs is 1. The Balaban J connectivity index is 2.21. The van der Waals surface area contributed by atoms with Crippen molar-refractivity contribution in [1.82, 2.24) is 9.20 Å². The molecule has 0 spiro atoms. The van der Waals surface area contributed by atoms with E-state index in [0.717, 1.165) is 0 Å². The molecule has 2 aromatic heterocycles. The maximum atomic E-state index is 13.4. The number of carbonyl (C=O) groups is 1. The number of benzene rings is 1. The molecule has 0 fully saturated rings. The summed E-state index contributed by atoms with van der Waals surface area (Å²) < 4.78 is 20.9. The number of ether oxygens (including phenoxy) is 1. The molecule has 1 aromatic carbocycles. The summed E-state index contributed by atoms with van der Waals surface area (Å²) in [6.07, 6.45) is 1.57. The Labute approximate surface area is 136 Å². The second kappa shape index (κ2) is 6.19. The molecule has 6 nitrogen and oxygen atoms in total. The van der Waals surface area contributed by atoms with Gasteiger partial charge in [0.15, 0.2) is 11.3 Å². The number of esters is 1. The van der Waals surface area contributed by atoms with Crippen molar-refractivity contribution in [2.24, 2.45) is 0 Å². The van der Waals surface area contributed by atoms with E-state index in [0.29, 0.717) is 5.56 Å². The molecular formula is C17H15FN2O4. The predicted molar refractivity (Wildman–Crippen MR) is 84.8 cm³/mol. The summed E-state index contributed by atoms with van der Waals surface area (Å²) in [5.74, 6) is -1.75. The molecular weight excluding hydrogens is 315 g/mol. The fourth-order valence-electron chi connectivity index (χ4n) is 2.57. The molecule has 0 aliphatic carbocycles. The molecule has 0 radical (unpaired) electrons. The Morgan fingerprint density at radius 2 is 2.08 bits per heavy atom. The van der Waals surface area contributed by atoms with E-state index in [9.17, 15) is 19.1 Å². The zero-order valence-electron chi connectivity index (χ0n) is 12.9. The Bertz CT molecular complexity index is 974. The third-order valence-electron chi connectivity index (χ3n) is 3.62. The number of hydrogen-bond acceptors (Lipinski definition) is 4. The van der Waals surface area contributed by atoms with E-state index >= 15 is 0 Å². The van der Waals surface area contributed by atoms with Gasteiger partial charge in [0.1, 0.15) is 11.3 Å². The summed E-state index contributed by atoms with van der Waals surface area (Å²) in [5, 5.41) is 10.3. The van der Waals surface area contributed by atoms with Crippen molar-refractivity contribution in [3.63, 3.8) is 0 Å². The van der Waals surface area contributed by atoms with Crippen LogP contribution in [0.1, 0.15) is 22.8 Å². The maximum Gasteiger partial charge on any atom is 0.347 e. The molecule has 0 amide bonds. The highest BCUT2D eigenvalue weighted by Gasteiger charge is 2.23. The van der Waals surface area contributed by atoms with Gasteiger partial charge in [-0.3, -0.25) is 9.31 Å². The number of aromatic hydroxyl groups is 1. The van der Waals surface area contributed by atoms with Crippen LogP contribution in [0.15, 0.2) is 47.4 Å². The summed E-state index contributed by atoms with van der Waals surface area (Å²) in [6.45, 7) is 1.72. The quantitative estimate of drug-likeness (QED) is 0.744. The van der Waals surface area contributed by atoms with Gasteiger partial charge < -0.3 is 9.84 Å². The first-order valence-electron chi connectivity index (χ1n) is 7.37. The number of halogens is 1. The van der Waals surface area contributed by atoms with E-state index in [4.69, 9.17) is 4.74 Å². The first kappa shape index (κ1) is 15.8. The highest BCUT2D eigenvalue weighted by atomic mass is 19.1. The predicted octanol–water partition coefficient (Wildman–Crippen LogP) is 2.17. The Kier molecular flexibility index (Phi) is 4.07. The fourth-order valence-corrected chi connectivity index (χ4v) is 2.57. The second-order valence-electron chi connectivity index (χ2n) is 5.17. The molecule has 1 N–H and O–H groups in total. The lowest BCUT2D eigenvalue weighted by molar-refractivity contribution is 0.0519. The lowest BCUT2D eigenvalue weighted by atomic mass is 10.2. The topological polar surface area (TPSA) is 72.9 Å². The van der Waals surface area contributed by atoms with Crippen LogP contribution in [0.2, 0.25) is 0 Å². The van der Waals surface area contributed by atoms with Gasteiger partial charge in [-0.15, -0.1) is 0 Å². The van der Waals surface area contributed by atoms with Gasteiger partial charge in [-0.2, -0.15) is 0 Å². The third kappa shape index (κ3) is 2.64. The van der Waals surface area contributed by atoms with Gasteiger partial charge in [0.05, 0.1) is 13.2 Å². The average Bonchev–Trinajstić information content (AvgIpc) is 3.02. The summed E-state index contributed by atoms with van der Waals surface area (Å²) in [6, 6.07) is 9.01. The van der Waals surface area contributed by atoms with Crippen LogP contribution in [-0.4, -0.2) is 26.9 Å². The average molecular weight is 330 g/mol. The van der Waals surface area contributed by atoms with E-state index in [1.165, 1.54) is 27.4 Å². The minimum Gasteiger partial charge on any atom is -0.505 e. The van der Waals surface area contributed by atoms with E-state index in [1.54, 1.807) is 31.3 Å². The largest absolute Gasteiger partial charge is 0.505 e. The van der Waals surface area contributed by atoms with Crippen molar-refractivity contribution in [3.8, 4) is 5.75 Å². The lowest BCUT2D eigenvalue weighted by Crippen LogP contribution is -2.32. The molecule has 3 rings (SSSR count). The van der Waals surface area contributed by atoms with E-state index < -0.39 is 28.7 Å². The number of carbonyl (C=O) groups excluding carboxylic acids is 1. The fraction of sp³-hybridized carbons (Fsp3) is 0.176. The molecule has 0 aliphatic rings. The molecule has 0 atom stereocenters. The summed E-state index contributed by atoms with van der Waals surface area (Å²) in [4.78, 5) is 24.7. The molecule has 124 valence electrons. The third-order valence-corrected chi connectivity index (χ3v) is 3.62. The van der Waals surface area contributed by atoms with Crippen LogP contribution in [0, 0.1) is 5.82 Å². The van der Waals surface area contributed by atoms with Gasteiger partial charge in [-0.05, 0) is 36.8 Å². The number of hydrogen-bond donors (Lipinski definition) is 1. The first-order valence-corrected chi connectivity index (χ1v) is 7.37. The Morgan fingerprint density at radius 1 is 1.29 bits per heavy atom. The zero-order chi connectivity index (χ0) is 17.3. The van der Waals surface area contributed by atoms with E-state index in [2.05, 4.69) is 0 Å². The second-order valence-corrected chi connectivity index (χ2v) is 5.17. The summed E-state index contributed by atoms with van der Waals surface area (Å²) in [5.41, 5.74) is -0.306. The van der Waals surface area contributed by atoms with Crippen LogP contribution < -0.4 is 5.56 Å². The van der Waals surface area contributed by atoms with Crippen LogP contribution in [-0.2, 0) is 11.3 Å². The molecule has 0 saturated heterocycles. The minimum atomic E-state index is -0.892. The van der Waals surface area contributed by atoms with Crippen molar-refractivity contribution >= 4 is 11.5 Å². The SMILES string of the molecule is CCOC(=O)c1c(O)c2cccn2n(Cc2cccc(F)c2)c1=O. The molecule has 7 heteroatoms. The normalized spacial score (nSPS) is 10.9. The molecule has 2 heterocycles. The molecule has 3 aromatic rings. The molecule has 0 bridgehead atoms. The van der Waals surface area contributed by atoms with Gasteiger partial charge in [-0.1, -0.05) is 12.1 Å². The highest BCUT2D eigenvalue weighted by Crippen LogP contribution is 2.22. The van der Waals surface area contributed by atoms with Gasteiger partial charge >= 0.3 is 5.97 Å². The first-order chi connectivity index (χ1) is 11.5. The highest BCUT2D eigenvalue weighted by molar-refractivity contribution is 5.94. The number of nitrogens with zero attached hydrogens (tertiary/aromatic N) is 2. The molecule has 0 aliphatic heterocycles. The van der Waals surface area contributed by atoms with Gasteiger partial charge in [0.25, 0.3) is 5.56 Å². The maximum absolute atomic E-state index is 13.4. The van der Waals surface area contributed by atoms with Crippen LogP contribution in [0.5, 0.6) is 5.75 Å². The lowest BCUT2D eigenvalue weighted by Gasteiger charge is -2.14. The van der Waals surface area contributed by atoms with Crippen molar-refractivity contribution in [3.05, 3.63) is 69.9 Å². The van der Waals surface area contributed by atoms with Crippen LogP contribution >= 0.6 is 0 Å². The van der Waals surface area contributed by atoms with Crippen molar-refractivity contribution < 1.29 is 19.0 Å². The van der Waals surface area contributed by atoms with Gasteiger partial charge in [-0.25, -0.2) is 13.9 Å². The standard InChI is InChI=1S/C17H15FN2O4/c1-2-24-17(23)14-15(21)13-7-4-8-19(13)20(16(14)22)10-11-5-3-6-12(18)9-11/h3-9,21H,2,10H2,1H3. The summed E-state index contributed by atoms with van der Waals surface area (Å²) >= 11 is 0. The van der Waals surface area contributed by atoms with Crippen LogP contribution in [0.4, 0.5) is 4.39 Å². The molecule has 0 saturated carbocycles. The van der Waals surface area contributed by atoms with Crippen molar-refractivity contribution in [2.75, 3.05) is 6.61 Å². The van der Waals surface area contributed by atoms with Gasteiger partial charge in [0.2, 0.25) is 0 Å². The number of rotatable bonds is 4. The molecule has 0 unspecified atom stereocenters. The monoisotopic (exact) mass is 330 g/mol. The minimum absolute atomic E-state index is 0.0362. The number of aromatic nitrogens is 2.